The number of nitrogens with zero attached hydrogens (tertiary/aromatic N) is 2. The second-order valence-corrected chi connectivity index (χ2v) is 7.21. The van der Waals surface area contributed by atoms with Crippen molar-refractivity contribution in [2.75, 3.05) is 39.8 Å². The summed E-state index contributed by atoms with van der Waals surface area (Å²) in [6.07, 6.45) is 1.95. The summed E-state index contributed by atoms with van der Waals surface area (Å²) in [6, 6.07) is 0. The Kier molecular flexibility index (Phi) is 4.07. The minimum absolute atomic E-state index is 0.518. The van der Waals surface area contributed by atoms with E-state index >= 15 is 0 Å². The van der Waals surface area contributed by atoms with E-state index < -0.39 is 10.2 Å². The van der Waals surface area contributed by atoms with Crippen molar-refractivity contribution in [3.8, 4) is 0 Å². The van der Waals surface area contributed by atoms with E-state index in [-0.39, 0.29) is 0 Å². The maximum absolute atomic E-state index is 12.3. The van der Waals surface area contributed by atoms with Gasteiger partial charge in [0, 0.05) is 26.7 Å². The predicted molar refractivity (Wildman–Crippen MR) is 67.9 cm³/mol. The molecule has 17 heavy (non-hydrogen) atoms. The highest BCUT2D eigenvalue weighted by Crippen LogP contribution is 2.28. The number of hydrogen-bond acceptors (Lipinski definition) is 3. The maximum atomic E-state index is 12.3. The third kappa shape index (κ3) is 2.65. The Morgan fingerprint density at radius 1 is 1.29 bits per heavy atom. The van der Waals surface area contributed by atoms with Gasteiger partial charge in [0.05, 0.1) is 0 Å². The Labute approximate surface area is 104 Å². The number of fused-ring (bicyclic) bond motifs is 1. The number of hydrogen-bond donors (Lipinski definition) is 1. The van der Waals surface area contributed by atoms with E-state index in [4.69, 9.17) is 0 Å². The van der Waals surface area contributed by atoms with Crippen molar-refractivity contribution in [3.63, 3.8) is 0 Å². The molecule has 0 aliphatic carbocycles. The summed E-state index contributed by atoms with van der Waals surface area (Å²) in [4.78, 5) is 0. The number of unbranched alkanes of at least 4 members (excludes halogenated alkanes) is 1. The molecule has 1 N–H and O–H groups in total. The van der Waals surface area contributed by atoms with Crippen LogP contribution in [0.15, 0.2) is 0 Å². The van der Waals surface area contributed by atoms with Crippen molar-refractivity contribution < 1.29 is 8.42 Å². The topological polar surface area (TPSA) is 52.7 Å². The zero-order valence-corrected chi connectivity index (χ0v) is 11.5. The van der Waals surface area contributed by atoms with Gasteiger partial charge >= 0.3 is 0 Å². The molecule has 2 unspecified atom stereocenters. The summed E-state index contributed by atoms with van der Waals surface area (Å²) in [5.74, 6) is 1.04. The van der Waals surface area contributed by atoms with E-state index in [0.717, 1.165) is 25.9 Å². The van der Waals surface area contributed by atoms with Crippen molar-refractivity contribution in [2.45, 2.75) is 19.8 Å². The minimum atomic E-state index is -3.21. The van der Waals surface area contributed by atoms with E-state index in [1.54, 1.807) is 11.4 Å². The zero-order valence-electron chi connectivity index (χ0n) is 10.7. The second kappa shape index (κ2) is 5.22. The molecule has 100 valence electrons. The first-order valence-corrected chi connectivity index (χ1v) is 7.87. The predicted octanol–water partition coefficient (Wildman–Crippen LogP) is 0.114. The van der Waals surface area contributed by atoms with Crippen molar-refractivity contribution in [3.05, 3.63) is 0 Å². The van der Waals surface area contributed by atoms with Crippen molar-refractivity contribution in [2.24, 2.45) is 11.8 Å². The molecule has 2 saturated heterocycles. The third-order valence-corrected chi connectivity index (χ3v) is 5.82. The molecule has 0 radical (unpaired) electrons. The van der Waals surface area contributed by atoms with Crippen LogP contribution in [0.25, 0.3) is 0 Å². The third-order valence-electron chi connectivity index (χ3n) is 3.90. The van der Waals surface area contributed by atoms with Crippen LogP contribution in [0.5, 0.6) is 0 Å². The highest BCUT2D eigenvalue weighted by atomic mass is 32.2. The van der Waals surface area contributed by atoms with Crippen LogP contribution in [0.3, 0.4) is 0 Å². The monoisotopic (exact) mass is 261 g/mol. The molecular formula is C11H23N3O2S. The lowest BCUT2D eigenvalue weighted by Crippen LogP contribution is -2.42. The summed E-state index contributed by atoms with van der Waals surface area (Å²) in [7, 11) is -1.52. The van der Waals surface area contributed by atoms with Gasteiger partial charge in [0.15, 0.2) is 0 Å². The van der Waals surface area contributed by atoms with Gasteiger partial charge in [-0.25, -0.2) is 0 Å². The molecule has 0 saturated carbocycles. The minimum Gasteiger partial charge on any atom is -0.316 e. The molecule has 2 fully saturated rings. The van der Waals surface area contributed by atoms with Crippen LogP contribution in [0.1, 0.15) is 19.8 Å². The van der Waals surface area contributed by atoms with Crippen LogP contribution in [0.4, 0.5) is 0 Å². The first-order valence-electron chi connectivity index (χ1n) is 6.47. The molecular weight excluding hydrogens is 238 g/mol. The summed E-state index contributed by atoms with van der Waals surface area (Å²) >= 11 is 0. The molecule has 0 aromatic heterocycles. The number of rotatable bonds is 5. The average molecular weight is 261 g/mol. The van der Waals surface area contributed by atoms with Gasteiger partial charge in [-0.2, -0.15) is 17.0 Å². The molecule has 5 nitrogen and oxygen atoms in total. The fourth-order valence-corrected chi connectivity index (χ4v) is 4.21. The van der Waals surface area contributed by atoms with Crippen LogP contribution in [0.2, 0.25) is 0 Å². The zero-order chi connectivity index (χ0) is 12.5. The van der Waals surface area contributed by atoms with E-state index in [0.29, 0.717) is 31.5 Å². The van der Waals surface area contributed by atoms with Gasteiger partial charge in [-0.1, -0.05) is 13.3 Å². The average Bonchev–Trinajstić information content (AvgIpc) is 2.85. The first-order chi connectivity index (χ1) is 8.05. The van der Waals surface area contributed by atoms with E-state index in [1.165, 1.54) is 4.31 Å². The fourth-order valence-electron chi connectivity index (χ4n) is 2.69. The van der Waals surface area contributed by atoms with Crippen molar-refractivity contribution in [1.82, 2.24) is 13.9 Å². The van der Waals surface area contributed by atoms with Gasteiger partial charge in [0.25, 0.3) is 10.2 Å². The van der Waals surface area contributed by atoms with Crippen LogP contribution in [0, 0.1) is 11.8 Å². The Balaban J connectivity index is 1.97. The van der Waals surface area contributed by atoms with Gasteiger partial charge < -0.3 is 5.32 Å². The van der Waals surface area contributed by atoms with Crippen LogP contribution in [-0.4, -0.2) is 56.8 Å². The first kappa shape index (κ1) is 13.3. The quantitative estimate of drug-likeness (QED) is 0.764. The van der Waals surface area contributed by atoms with Gasteiger partial charge in [-0.05, 0) is 31.3 Å². The van der Waals surface area contributed by atoms with Crippen LogP contribution >= 0.6 is 0 Å². The van der Waals surface area contributed by atoms with Gasteiger partial charge in [0.1, 0.15) is 0 Å². The number of nitrogens with one attached hydrogen (secondary N) is 1. The largest absolute Gasteiger partial charge is 0.316 e. The van der Waals surface area contributed by atoms with Crippen molar-refractivity contribution >= 4 is 10.2 Å². The lowest BCUT2D eigenvalue weighted by Gasteiger charge is -2.24. The maximum Gasteiger partial charge on any atom is 0.281 e. The van der Waals surface area contributed by atoms with Gasteiger partial charge in [-0.3, -0.25) is 0 Å². The SMILES string of the molecule is CCCCN(C)S(=O)(=O)N1CC2CNCC2C1. The van der Waals surface area contributed by atoms with Crippen molar-refractivity contribution in [1.29, 1.82) is 0 Å². The molecule has 0 aromatic carbocycles. The van der Waals surface area contributed by atoms with E-state index in [9.17, 15) is 8.42 Å². The molecule has 0 spiro atoms. The van der Waals surface area contributed by atoms with Crippen LogP contribution < -0.4 is 5.32 Å². The summed E-state index contributed by atoms with van der Waals surface area (Å²) < 4.78 is 27.8. The lowest BCUT2D eigenvalue weighted by molar-refractivity contribution is 0.377. The van der Waals surface area contributed by atoms with E-state index in [1.807, 2.05) is 0 Å². The molecule has 2 atom stereocenters. The highest BCUT2D eigenvalue weighted by Gasteiger charge is 2.42. The Bertz CT molecular complexity index is 346. The van der Waals surface area contributed by atoms with Gasteiger partial charge in [-0.15, -0.1) is 0 Å². The smallest absolute Gasteiger partial charge is 0.281 e. The molecule has 2 heterocycles. The summed E-state index contributed by atoms with van der Waals surface area (Å²) in [5.41, 5.74) is 0. The molecule has 2 rings (SSSR count). The summed E-state index contributed by atoms with van der Waals surface area (Å²) in [5, 5.41) is 3.32. The Hall–Kier alpha value is -0.170. The van der Waals surface area contributed by atoms with E-state index in [2.05, 4.69) is 12.2 Å². The fraction of sp³-hybridized carbons (Fsp3) is 1.00. The summed E-state index contributed by atoms with van der Waals surface area (Å²) in [6.45, 7) is 6.02. The normalized spacial score (nSPS) is 30.1. The molecule has 2 aliphatic rings. The molecule has 2 aliphatic heterocycles. The lowest BCUT2D eigenvalue weighted by atomic mass is 10.0. The highest BCUT2D eigenvalue weighted by molar-refractivity contribution is 7.86. The molecule has 0 bridgehead atoms. The Morgan fingerprint density at radius 2 is 1.88 bits per heavy atom. The molecule has 6 heteroatoms. The standard InChI is InChI=1S/C11H23N3O2S/c1-3-4-5-13(2)17(15,16)14-8-10-6-12-7-11(10)9-14/h10-12H,3-9H2,1-2H3. The van der Waals surface area contributed by atoms with Crippen LogP contribution in [-0.2, 0) is 10.2 Å². The molecule has 0 aromatic rings. The van der Waals surface area contributed by atoms with Gasteiger partial charge in [0.2, 0.25) is 0 Å². The second-order valence-electron chi connectivity index (χ2n) is 5.18. The Morgan fingerprint density at radius 3 is 2.41 bits per heavy atom. The molecule has 0 amide bonds.